The van der Waals surface area contributed by atoms with E-state index >= 15 is 0 Å². The van der Waals surface area contributed by atoms with E-state index in [-0.39, 0.29) is 0 Å². The highest BCUT2D eigenvalue weighted by molar-refractivity contribution is 5.65. The molecule has 0 amide bonds. The standard InChI is InChI=1S/C14H16N2/c1-10(2)14-11(3)5-4-6-12(14)13-9-15-7-8-16-13/h4-10H,1-3H3. The molecule has 0 bridgehead atoms. The summed E-state index contributed by atoms with van der Waals surface area (Å²) in [6, 6.07) is 6.34. The van der Waals surface area contributed by atoms with Crippen molar-refractivity contribution in [1.82, 2.24) is 9.97 Å². The number of aryl methyl sites for hydroxylation is 1. The Morgan fingerprint density at radius 2 is 1.94 bits per heavy atom. The molecule has 82 valence electrons. The largest absolute Gasteiger partial charge is 0.261 e. The number of hydrogen-bond donors (Lipinski definition) is 0. The van der Waals surface area contributed by atoms with Crippen molar-refractivity contribution >= 4 is 0 Å². The average Bonchev–Trinajstić information content (AvgIpc) is 2.29. The highest BCUT2D eigenvalue weighted by Crippen LogP contribution is 2.29. The van der Waals surface area contributed by atoms with E-state index in [1.807, 2.05) is 6.20 Å². The van der Waals surface area contributed by atoms with E-state index < -0.39 is 0 Å². The summed E-state index contributed by atoms with van der Waals surface area (Å²) in [5.41, 5.74) is 4.83. The van der Waals surface area contributed by atoms with E-state index in [9.17, 15) is 0 Å². The van der Waals surface area contributed by atoms with E-state index in [4.69, 9.17) is 0 Å². The molecule has 0 saturated carbocycles. The van der Waals surface area contributed by atoms with Crippen molar-refractivity contribution in [3.8, 4) is 11.3 Å². The van der Waals surface area contributed by atoms with Crippen LogP contribution in [0.3, 0.4) is 0 Å². The van der Waals surface area contributed by atoms with Gasteiger partial charge >= 0.3 is 0 Å². The van der Waals surface area contributed by atoms with Crippen molar-refractivity contribution in [3.63, 3.8) is 0 Å². The Morgan fingerprint density at radius 3 is 2.56 bits per heavy atom. The zero-order chi connectivity index (χ0) is 11.5. The highest BCUT2D eigenvalue weighted by Gasteiger charge is 2.11. The molecule has 0 spiro atoms. The van der Waals surface area contributed by atoms with Crippen LogP contribution in [0.2, 0.25) is 0 Å². The van der Waals surface area contributed by atoms with Gasteiger partial charge in [-0.1, -0.05) is 32.0 Å². The smallest absolute Gasteiger partial charge is 0.0888 e. The van der Waals surface area contributed by atoms with Gasteiger partial charge in [0.15, 0.2) is 0 Å². The van der Waals surface area contributed by atoms with Gasteiger partial charge in [-0.05, 0) is 24.0 Å². The maximum Gasteiger partial charge on any atom is 0.0888 e. The topological polar surface area (TPSA) is 25.8 Å². The van der Waals surface area contributed by atoms with Crippen LogP contribution in [-0.2, 0) is 0 Å². The third kappa shape index (κ3) is 1.96. The van der Waals surface area contributed by atoms with Crippen molar-refractivity contribution in [1.29, 1.82) is 0 Å². The lowest BCUT2D eigenvalue weighted by molar-refractivity contribution is 0.857. The molecule has 1 heterocycles. The van der Waals surface area contributed by atoms with Gasteiger partial charge in [0.2, 0.25) is 0 Å². The second-order valence-electron chi connectivity index (χ2n) is 4.28. The fourth-order valence-electron chi connectivity index (χ4n) is 2.11. The number of benzene rings is 1. The van der Waals surface area contributed by atoms with Crippen LogP contribution in [0.25, 0.3) is 11.3 Å². The fourth-order valence-corrected chi connectivity index (χ4v) is 2.11. The SMILES string of the molecule is Cc1cccc(-c2cnccn2)c1C(C)C. The first kappa shape index (κ1) is 10.8. The van der Waals surface area contributed by atoms with Crippen LogP contribution in [0.1, 0.15) is 30.9 Å². The summed E-state index contributed by atoms with van der Waals surface area (Å²) in [6.07, 6.45) is 5.26. The van der Waals surface area contributed by atoms with Gasteiger partial charge < -0.3 is 0 Å². The van der Waals surface area contributed by atoms with Crippen LogP contribution in [0.4, 0.5) is 0 Å². The van der Waals surface area contributed by atoms with Gasteiger partial charge in [0.25, 0.3) is 0 Å². The second-order valence-corrected chi connectivity index (χ2v) is 4.28. The van der Waals surface area contributed by atoms with E-state index in [2.05, 4.69) is 48.9 Å². The number of nitrogens with zero attached hydrogens (tertiary/aromatic N) is 2. The Kier molecular flexibility index (Phi) is 3.00. The molecule has 0 N–H and O–H groups in total. The van der Waals surface area contributed by atoms with Crippen LogP contribution >= 0.6 is 0 Å². The van der Waals surface area contributed by atoms with Gasteiger partial charge in [-0.15, -0.1) is 0 Å². The minimum Gasteiger partial charge on any atom is -0.261 e. The van der Waals surface area contributed by atoms with E-state index in [0.29, 0.717) is 5.92 Å². The fraction of sp³-hybridized carbons (Fsp3) is 0.286. The Labute approximate surface area is 96.4 Å². The van der Waals surface area contributed by atoms with Crippen LogP contribution in [0, 0.1) is 6.92 Å². The molecule has 1 aromatic heterocycles. The van der Waals surface area contributed by atoms with Crippen molar-refractivity contribution in [2.45, 2.75) is 26.7 Å². The zero-order valence-electron chi connectivity index (χ0n) is 9.94. The predicted molar refractivity (Wildman–Crippen MR) is 66.3 cm³/mol. The van der Waals surface area contributed by atoms with Gasteiger partial charge in [-0.25, -0.2) is 0 Å². The molecule has 2 nitrogen and oxygen atoms in total. The molecule has 0 unspecified atom stereocenters. The first-order chi connectivity index (χ1) is 7.70. The summed E-state index contributed by atoms with van der Waals surface area (Å²) in [7, 11) is 0. The summed E-state index contributed by atoms with van der Waals surface area (Å²) in [4.78, 5) is 8.50. The molecular formula is C14H16N2. The minimum atomic E-state index is 0.498. The third-order valence-corrected chi connectivity index (χ3v) is 2.74. The maximum absolute atomic E-state index is 4.37. The van der Waals surface area contributed by atoms with Gasteiger partial charge in [-0.3, -0.25) is 9.97 Å². The Bertz CT molecular complexity index is 475. The van der Waals surface area contributed by atoms with Gasteiger partial charge in [0.05, 0.1) is 11.9 Å². The lowest BCUT2D eigenvalue weighted by atomic mass is 9.91. The maximum atomic E-state index is 4.37. The summed E-state index contributed by atoms with van der Waals surface area (Å²) in [5.74, 6) is 0.498. The van der Waals surface area contributed by atoms with Crippen molar-refractivity contribution in [3.05, 3.63) is 47.9 Å². The summed E-state index contributed by atoms with van der Waals surface area (Å²) in [6.45, 7) is 6.57. The van der Waals surface area contributed by atoms with E-state index in [0.717, 1.165) is 5.69 Å². The van der Waals surface area contributed by atoms with E-state index in [1.165, 1.54) is 16.7 Å². The predicted octanol–water partition coefficient (Wildman–Crippen LogP) is 3.58. The Balaban J connectivity index is 2.61. The molecule has 0 atom stereocenters. The monoisotopic (exact) mass is 212 g/mol. The normalized spacial score (nSPS) is 10.8. The molecular weight excluding hydrogens is 196 g/mol. The average molecular weight is 212 g/mol. The number of rotatable bonds is 2. The van der Waals surface area contributed by atoms with Gasteiger partial charge in [0, 0.05) is 18.0 Å². The van der Waals surface area contributed by atoms with Gasteiger partial charge in [-0.2, -0.15) is 0 Å². The lowest BCUT2D eigenvalue weighted by Crippen LogP contribution is -1.97. The van der Waals surface area contributed by atoms with Crippen molar-refractivity contribution < 1.29 is 0 Å². The van der Waals surface area contributed by atoms with Crippen molar-refractivity contribution in [2.75, 3.05) is 0 Å². The summed E-state index contributed by atoms with van der Waals surface area (Å²) >= 11 is 0. The molecule has 2 heteroatoms. The molecule has 16 heavy (non-hydrogen) atoms. The summed E-state index contributed by atoms with van der Waals surface area (Å²) in [5, 5.41) is 0. The zero-order valence-corrected chi connectivity index (χ0v) is 9.94. The first-order valence-electron chi connectivity index (χ1n) is 5.56. The lowest BCUT2D eigenvalue weighted by Gasteiger charge is -2.15. The third-order valence-electron chi connectivity index (χ3n) is 2.74. The van der Waals surface area contributed by atoms with Crippen molar-refractivity contribution in [2.24, 2.45) is 0 Å². The second kappa shape index (κ2) is 4.44. The summed E-state index contributed by atoms with van der Waals surface area (Å²) < 4.78 is 0. The molecule has 0 saturated heterocycles. The molecule has 0 aliphatic rings. The quantitative estimate of drug-likeness (QED) is 0.760. The van der Waals surface area contributed by atoms with Crippen LogP contribution < -0.4 is 0 Å². The van der Waals surface area contributed by atoms with Gasteiger partial charge in [0.1, 0.15) is 0 Å². The first-order valence-corrected chi connectivity index (χ1v) is 5.56. The molecule has 1 aromatic carbocycles. The molecule has 2 aromatic rings. The Morgan fingerprint density at radius 1 is 1.12 bits per heavy atom. The van der Waals surface area contributed by atoms with Crippen LogP contribution in [0.15, 0.2) is 36.8 Å². The van der Waals surface area contributed by atoms with Crippen LogP contribution in [-0.4, -0.2) is 9.97 Å². The van der Waals surface area contributed by atoms with E-state index in [1.54, 1.807) is 12.4 Å². The number of aromatic nitrogens is 2. The van der Waals surface area contributed by atoms with Crippen LogP contribution in [0.5, 0.6) is 0 Å². The molecule has 0 fully saturated rings. The number of hydrogen-bond acceptors (Lipinski definition) is 2. The molecule has 0 aliphatic carbocycles. The minimum absolute atomic E-state index is 0.498. The molecule has 2 rings (SSSR count). The molecule has 0 aliphatic heterocycles. The highest BCUT2D eigenvalue weighted by atomic mass is 14.8. The Hall–Kier alpha value is -1.70. The molecule has 0 radical (unpaired) electrons.